The van der Waals surface area contributed by atoms with Crippen molar-refractivity contribution in [2.45, 2.75) is 12.5 Å². The average molecular weight is 486 g/mol. The number of piperazine rings is 1. The van der Waals surface area contributed by atoms with Gasteiger partial charge in [0.05, 0.1) is 12.3 Å². The second-order valence-electron chi connectivity index (χ2n) is 8.97. The van der Waals surface area contributed by atoms with Gasteiger partial charge in [0.2, 0.25) is 0 Å². The van der Waals surface area contributed by atoms with Crippen LogP contribution in [0.15, 0.2) is 83.6 Å². The minimum absolute atomic E-state index is 0.138. The van der Waals surface area contributed by atoms with Crippen molar-refractivity contribution in [1.82, 2.24) is 20.5 Å². The number of aromatic nitrogens is 1. The molecule has 2 aromatic carbocycles. The molecule has 1 aliphatic rings. The van der Waals surface area contributed by atoms with E-state index in [1.54, 1.807) is 6.26 Å². The maximum atomic E-state index is 12.6. The topological polar surface area (TPSA) is 93.6 Å². The number of carbonyl (C=O) groups excluding carboxylic acids is 2. The van der Waals surface area contributed by atoms with Gasteiger partial charge >= 0.3 is 11.8 Å². The highest BCUT2D eigenvalue weighted by Crippen LogP contribution is 2.24. The van der Waals surface area contributed by atoms with Crippen molar-refractivity contribution in [2.24, 2.45) is 0 Å². The quantitative estimate of drug-likeness (QED) is 0.334. The zero-order valence-electron chi connectivity index (χ0n) is 20.2. The fourth-order valence-electron chi connectivity index (χ4n) is 4.82. The molecule has 0 spiro atoms. The van der Waals surface area contributed by atoms with E-state index in [1.165, 1.54) is 5.69 Å². The molecule has 2 amide bonds. The third kappa shape index (κ3) is 5.44. The molecule has 1 aliphatic heterocycles. The number of hydrogen-bond acceptors (Lipinski definition) is 5. The van der Waals surface area contributed by atoms with Gasteiger partial charge in [-0.1, -0.05) is 36.4 Å². The number of H-pyrrole nitrogens is 1. The largest absolute Gasteiger partial charge is 0.468 e. The highest BCUT2D eigenvalue weighted by molar-refractivity contribution is 6.35. The van der Waals surface area contributed by atoms with Crippen molar-refractivity contribution in [3.05, 3.63) is 90.5 Å². The lowest BCUT2D eigenvalue weighted by molar-refractivity contribution is -0.139. The Hall–Kier alpha value is -4.04. The first kappa shape index (κ1) is 23.7. The molecule has 0 saturated carbocycles. The van der Waals surface area contributed by atoms with Gasteiger partial charge in [0.1, 0.15) is 5.76 Å². The van der Waals surface area contributed by atoms with Crippen molar-refractivity contribution in [3.8, 4) is 0 Å². The molecule has 4 aromatic rings. The summed E-state index contributed by atoms with van der Waals surface area (Å²) in [5.74, 6) is -0.474. The Morgan fingerprint density at radius 3 is 2.42 bits per heavy atom. The van der Waals surface area contributed by atoms with Crippen LogP contribution in [0.5, 0.6) is 0 Å². The molecular weight excluding hydrogens is 454 g/mol. The Bertz CT molecular complexity index is 1280. The number of fused-ring (bicyclic) bond motifs is 1. The van der Waals surface area contributed by atoms with Crippen molar-refractivity contribution in [1.29, 1.82) is 0 Å². The van der Waals surface area contributed by atoms with Crippen molar-refractivity contribution in [3.63, 3.8) is 0 Å². The van der Waals surface area contributed by atoms with Crippen LogP contribution in [-0.4, -0.2) is 61.0 Å². The fourth-order valence-corrected chi connectivity index (χ4v) is 4.82. The Labute approximate surface area is 210 Å². The summed E-state index contributed by atoms with van der Waals surface area (Å²) >= 11 is 0. The predicted molar refractivity (Wildman–Crippen MR) is 140 cm³/mol. The highest BCUT2D eigenvalue weighted by atomic mass is 16.3. The van der Waals surface area contributed by atoms with E-state index < -0.39 is 11.8 Å². The molecule has 0 aliphatic carbocycles. The number of rotatable bonds is 8. The Balaban J connectivity index is 1.12. The summed E-state index contributed by atoms with van der Waals surface area (Å²) in [4.78, 5) is 32.9. The van der Waals surface area contributed by atoms with Crippen LogP contribution in [0.4, 0.5) is 5.69 Å². The van der Waals surface area contributed by atoms with Gasteiger partial charge in [0.15, 0.2) is 0 Å². The first-order valence-corrected chi connectivity index (χ1v) is 12.4. The van der Waals surface area contributed by atoms with Gasteiger partial charge in [-0.15, -0.1) is 0 Å². The lowest BCUT2D eigenvalue weighted by Crippen LogP contribution is -2.50. The Morgan fingerprint density at radius 2 is 1.64 bits per heavy atom. The number of nitrogens with one attached hydrogen (secondary N) is 3. The second kappa shape index (κ2) is 11.1. The molecule has 36 heavy (non-hydrogen) atoms. The number of carbonyl (C=O) groups is 2. The summed E-state index contributed by atoms with van der Waals surface area (Å²) < 4.78 is 5.68. The first-order valence-electron chi connectivity index (χ1n) is 12.4. The molecule has 1 saturated heterocycles. The van der Waals surface area contributed by atoms with Gasteiger partial charge in [-0.3, -0.25) is 14.5 Å². The summed E-state index contributed by atoms with van der Waals surface area (Å²) in [6, 6.07) is 22.0. The minimum atomic E-state index is -0.631. The standard InChI is InChI=1S/C28H31N5O3/c34-27(29-13-12-21-19-30-24-10-5-4-9-23(21)24)28(35)31-20-25(26-11-6-18-36-26)33-16-14-32(15-17-33)22-7-2-1-3-8-22/h1-11,18-19,25,30H,12-17,20H2,(H,29,34)(H,31,35)/t25-/m1/s1. The lowest BCUT2D eigenvalue weighted by atomic mass is 10.1. The molecule has 1 atom stereocenters. The van der Waals surface area contributed by atoms with Crippen molar-refractivity contribution >= 4 is 28.4 Å². The third-order valence-electron chi connectivity index (χ3n) is 6.76. The zero-order chi connectivity index (χ0) is 24.7. The number of amides is 2. The van der Waals surface area contributed by atoms with Crippen LogP contribution in [-0.2, 0) is 16.0 Å². The van der Waals surface area contributed by atoms with Gasteiger partial charge in [-0.25, -0.2) is 0 Å². The third-order valence-corrected chi connectivity index (χ3v) is 6.76. The molecule has 186 valence electrons. The number of furan rings is 1. The zero-order valence-corrected chi connectivity index (χ0v) is 20.2. The van der Waals surface area contributed by atoms with E-state index in [0.717, 1.165) is 48.4 Å². The summed E-state index contributed by atoms with van der Waals surface area (Å²) in [6.45, 7) is 4.09. The fraction of sp³-hybridized carbons (Fsp3) is 0.286. The van der Waals surface area contributed by atoms with Crippen molar-refractivity contribution < 1.29 is 14.0 Å². The predicted octanol–water partition coefficient (Wildman–Crippen LogP) is 3.10. The van der Waals surface area contributed by atoms with E-state index >= 15 is 0 Å². The molecule has 3 heterocycles. The van der Waals surface area contributed by atoms with Crippen molar-refractivity contribution in [2.75, 3.05) is 44.2 Å². The molecule has 0 bridgehead atoms. The van der Waals surface area contributed by atoms with Crippen LogP contribution in [0.25, 0.3) is 10.9 Å². The summed E-state index contributed by atoms with van der Waals surface area (Å²) in [7, 11) is 0. The van der Waals surface area contributed by atoms with Crippen LogP contribution >= 0.6 is 0 Å². The maximum absolute atomic E-state index is 12.6. The van der Waals surface area contributed by atoms with Crippen LogP contribution in [0.3, 0.4) is 0 Å². The van der Waals surface area contributed by atoms with Crippen LogP contribution in [0, 0.1) is 0 Å². The molecule has 3 N–H and O–H groups in total. The molecule has 2 aromatic heterocycles. The van der Waals surface area contributed by atoms with Crippen LogP contribution in [0.2, 0.25) is 0 Å². The number of para-hydroxylation sites is 2. The normalized spacial score (nSPS) is 15.1. The maximum Gasteiger partial charge on any atom is 0.309 e. The number of hydrogen-bond donors (Lipinski definition) is 3. The van der Waals surface area contributed by atoms with E-state index in [9.17, 15) is 9.59 Å². The van der Waals surface area contributed by atoms with Gasteiger partial charge < -0.3 is 24.9 Å². The van der Waals surface area contributed by atoms with E-state index in [1.807, 2.05) is 48.7 Å². The molecule has 5 rings (SSSR count). The smallest absolute Gasteiger partial charge is 0.309 e. The van der Waals surface area contributed by atoms with E-state index in [0.29, 0.717) is 19.5 Å². The van der Waals surface area contributed by atoms with Gasteiger partial charge in [-0.05, 0) is 42.3 Å². The Kier molecular flexibility index (Phi) is 7.33. The van der Waals surface area contributed by atoms with Gasteiger partial charge in [0, 0.05) is 62.1 Å². The summed E-state index contributed by atoms with van der Waals surface area (Å²) in [6.07, 6.45) is 4.23. The van der Waals surface area contributed by atoms with Crippen LogP contribution in [0.1, 0.15) is 17.4 Å². The minimum Gasteiger partial charge on any atom is -0.468 e. The summed E-state index contributed by atoms with van der Waals surface area (Å²) in [5.41, 5.74) is 3.38. The number of nitrogens with zero attached hydrogens (tertiary/aromatic N) is 2. The van der Waals surface area contributed by atoms with E-state index in [2.05, 4.69) is 49.7 Å². The van der Waals surface area contributed by atoms with E-state index in [4.69, 9.17) is 4.42 Å². The number of benzene rings is 2. The number of anilines is 1. The second-order valence-corrected chi connectivity index (χ2v) is 8.97. The summed E-state index contributed by atoms with van der Waals surface area (Å²) in [5, 5.41) is 6.68. The monoisotopic (exact) mass is 485 g/mol. The highest BCUT2D eigenvalue weighted by Gasteiger charge is 2.28. The molecule has 0 unspecified atom stereocenters. The molecular formula is C28H31N5O3. The first-order chi connectivity index (χ1) is 17.7. The molecule has 1 fully saturated rings. The van der Waals surface area contributed by atoms with Gasteiger partial charge in [-0.2, -0.15) is 0 Å². The molecule has 8 heteroatoms. The van der Waals surface area contributed by atoms with E-state index in [-0.39, 0.29) is 6.04 Å². The lowest BCUT2D eigenvalue weighted by Gasteiger charge is -2.39. The van der Waals surface area contributed by atoms with Gasteiger partial charge in [0.25, 0.3) is 0 Å². The number of aromatic amines is 1. The average Bonchev–Trinajstić information content (AvgIpc) is 3.60. The SMILES string of the molecule is O=C(NCCc1c[nH]c2ccccc12)C(=O)NC[C@H](c1ccco1)N1CCN(c2ccccc2)CC1. The van der Waals surface area contributed by atoms with Crippen LogP contribution < -0.4 is 15.5 Å². The molecule has 0 radical (unpaired) electrons. The Morgan fingerprint density at radius 1 is 0.889 bits per heavy atom. The molecule has 8 nitrogen and oxygen atoms in total.